The second-order valence-electron chi connectivity index (χ2n) is 3.85. The van der Waals surface area contributed by atoms with Gasteiger partial charge in [-0.05, 0) is 24.6 Å². The lowest BCUT2D eigenvalue weighted by molar-refractivity contribution is 0.0947. The van der Waals surface area contributed by atoms with Crippen LogP contribution in [0, 0.1) is 0 Å². The van der Waals surface area contributed by atoms with Gasteiger partial charge >= 0.3 is 0 Å². The summed E-state index contributed by atoms with van der Waals surface area (Å²) in [5, 5.41) is 6.87. The summed E-state index contributed by atoms with van der Waals surface area (Å²) in [5.41, 5.74) is 6.46. The molecule has 0 fully saturated rings. The highest BCUT2D eigenvalue weighted by Crippen LogP contribution is 2.02. The quantitative estimate of drug-likeness (QED) is 0.758. The average Bonchev–Trinajstić information content (AvgIpc) is 2.87. The minimum absolute atomic E-state index is 0.206. The van der Waals surface area contributed by atoms with Crippen molar-refractivity contribution >= 4 is 11.6 Å². The zero-order chi connectivity index (χ0) is 12.8. The van der Waals surface area contributed by atoms with Gasteiger partial charge in [-0.25, -0.2) is 0 Å². The SMILES string of the molecule is Nc1ccnc(C(=O)NCCCn2cccn2)c1. The molecule has 1 amide bonds. The van der Waals surface area contributed by atoms with Crippen LogP contribution in [0.2, 0.25) is 0 Å². The molecule has 0 saturated heterocycles. The predicted octanol–water partition coefficient (Wildman–Crippen LogP) is 0.680. The van der Waals surface area contributed by atoms with Crippen molar-refractivity contribution in [1.29, 1.82) is 0 Å². The third kappa shape index (κ3) is 3.31. The zero-order valence-corrected chi connectivity index (χ0v) is 9.91. The van der Waals surface area contributed by atoms with Crippen LogP contribution in [0.4, 0.5) is 5.69 Å². The number of nitrogens with zero attached hydrogens (tertiary/aromatic N) is 3. The molecule has 6 nitrogen and oxygen atoms in total. The number of hydrogen-bond donors (Lipinski definition) is 2. The molecule has 2 aromatic rings. The fraction of sp³-hybridized carbons (Fsp3) is 0.250. The molecule has 2 aromatic heterocycles. The van der Waals surface area contributed by atoms with Gasteiger partial charge < -0.3 is 11.1 Å². The fourth-order valence-electron chi connectivity index (χ4n) is 1.54. The molecular weight excluding hydrogens is 230 g/mol. The first kappa shape index (κ1) is 12.1. The van der Waals surface area contributed by atoms with E-state index in [1.54, 1.807) is 18.3 Å². The van der Waals surface area contributed by atoms with Crippen LogP contribution in [0.25, 0.3) is 0 Å². The van der Waals surface area contributed by atoms with E-state index < -0.39 is 0 Å². The van der Waals surface area contributed by atoms with Gasteiger partial charge in [0.05, 0.1) is 0 Å². The highest BCUT2D eigenvalue weighted by molar-refractivity contribution is 5.92. The number of aryl methyl sites for hydroxylation is 1. The van der Waals surface area contributed by atoms with Crippen molar-refractivity contribution in [3.05, 3.63) is 42.5 Å². The maximum absolute atomic E-state index is 11.7. The summed E-state index contributed by atoms with van der Waals surface area (Å²) in [6.45, 7) is 1.35. The monoisotopic (exact) mass is 245 g/mol. The van der Waals surface area contributed by atoms with Crippen LogP contribution < -0.4 is 11.1 Å². The Hall–Kier alpha value is -2.37. The molecule has 0 aliphatic rings. The molecule has 0 aliphatic heterocycles. The van der Waals surface area contributed by atoms with Crippen molar-refractivity contribution in [2.24, 2.45) is 0 Å². The Morgan fingerprint density at radius 3 is 3.06 bits per heavy atom. The molecular formula is C12H15N5O. The maximum atomic E-state index is 11.7. The van der Waals surface area contributed by atoms with Crippen molar-refractivity contribution in [2.45, 2.75) is 13.0 Å². The number of rotatable bonds is 5. The summed E-state index contributed by atoms with van der Waals surface area (Å²) in [5.74, 6) is -0.206. The summed E-state index contributed by atoms with van der Waals surface area (Å²) >= 11 is 0. The number of nitrogens with one attached hydrogen (secondary N) is 1. The Balaban J connectivity index is 1.75. The average molecular weight is 245 g/mol. The van der Waals surface area contributed by atoms with Gasteiger partial charge in [0.25, 0.3) is 5.91 Å². The Kier molecular flexibility index (Phi) is 3.90. The third-order valence-electron chi connectivity index (χ3n) is 2.43. The van der Waals surface area contributed by atoms with E-state index >= 15 is 0 Å². The van der Waals surface area contributed by atoms with Crippen molar-refractivity contribution in [2.75, 3.05) is 12.3 Å². The lowest BCUT2D eigenvalue weighted by Gasteiger charge is -2.05. The highest BCUT2D eigenvalue weighted by atomic mass is 16.1. The number of carbonyl (C=O) groups excluding carboxylic acids is 1. The zero-order valence-electron chi connectivity index (χ0n) is 9.91. The molecule has 0 aliphatic carbocycles. The first-order chi connectivity index (χ1) is 8.75. The second-order valence-corrected chi connectivity index (χ2v) is 3.85. The van der Waals surface area contributed by atoms with Crippen molar-refractivity contribution in [3.8, 4) is 0 Å². The molecule has 0 aromatic carbocycles. The number of hydrogen-bond acceptors (Lipinski definition) is 4. The molecule has 0 unspecified atom stereocenters. The Labute approximate surface area is 105 Å². The van der Waals surface area contributed by atoms with Crippen LogP contribution in [-0.2, 0) is 6.54 Å². The first-order valence-electron chi connectivity index (χ1n) is 5.73. The summed E-state index contributed by atoms with van der Waals surface area (Å²) < 4.78 is 1.82. The maximum Gasteiger partial charge on any atom is 0.269 e. The van der Waals surface area contributed by atoms with Crippen molar-refractivity contribution in [1.82, 2.24) is 20.1 Å². The van der Waals surface area contributed by atoms with E-state index in [2.05, 4.69) is 15.4 Å². The summed E-state index contributed by atoms with van der Waals surface area (Å²) in [7, 11) is 0. The van der Waals surface area contributed by atoms with Gasteiger partial charge in [0.15, 0.2) is 0 Å². The van der Waals surface area contributed by atoms with Crippen LogP contribution in [0.1, 0.15) is 16.9 Å². The molecule has 2 heterocycles. The van der Waals surface area contributed by atoms with Gasteiger partial charge in [-0.3, -0.25) is 14.5 Å². The van der Waals surface area contributed by atoms with Gasteiger partial charge in [-0.15, -0.1) is 0 Å². The van der Waals surface area contributed by atoms with E-state index in [9.17, 15) is 4.79 Å². The van der Waals surface area contributed by atoms with Crippen LogP contribution >= 0.6 is 0 Å². The molecule has 94 valence electrons. The molecule has 0 atom stereocenters. The number of anilines is 1. The minimum atomic E-state index is -0.206. The van der Waals surface area contributed by atoms with Crippen LogP contribution in [0.5, 0.6) is 0 Å². The molecule has 2 rings (SSSR count). The number of aromatic nitrogens is 3. The van der Waals surface area contributed by atoms with Crippen molar-refractivity contribution in [3.63, 3.8) is 0 Å². The Bertz CT molecular complexity index is 509. The van der Waals surface area contributed by atoms with Crippen LogP contribution in [0.15, 0.2) is 36.8 Å². The second kappa shape index (κ2) is 5.81. The third-order valence-corrected chi connectivity index (χ3v) is 2.43. The lowest BCUT2D eigenvalue weighted by atomic mass is 10.3. The van der Waals surface area contributed by atoms with E-state index in [1.807, 2.05) is 16.9 Å². The molecule has 0 spiro atoms. The van der Waals surface area contributed by atoms with E-state index in [4.69, 9.17) is 5.73 Å². The van der Waals surface area contributed by atoms with Gasteiger partial charge in [0, 0.05) is 37.4 Å². The number of carbonyl (C=O) groups is 1. The highest BCUT2D eigenvalue weighted by Gasteiger charge is 2.05. The van der Waals surface area contributed by atoms with E-state index in [1.165, 1.54) is 6.20 Å². The van der Waals surface area contributed by atoms with E-state index in [-0.39, 0.29) is 5.91 Å². The normalized spacial score (nSPS) is 10.2. The first-order valence-corrected chi connectivity index (χ1v) is 5.73. The van der Waals surface area contributed by atoms with Crippen LogP contribution in [-0.4, -0.2) is 27.2 Å². The Morgan fingerprint density at radius 1 is 1.44 bits per heavy atom. The fourth-order valence-corrected chi connectivity index (χ4v) is 1.54. The lowest BCUT2D eigenvalue weighted by Crippen LogP contribution is -2.26. The smallest absolute Gasteiger partial charge is 0.269 e. The standard InChI is InChI=1S/C12H15N5O/c13-10-3-6-14-11(9-10)12(18)15-4-1-7-17-8-2-5-16-17/h2-3,5-6,8-9H,1,4,7H2,(H2,13,14)(H,15,18). The van der Waals surface area contributed by atoms with Gasteiger partial charge in [0.1, 0.15) is 5.69 Å². The van der Waals surface area contributed by atoms with Crippen molar-refractivity contribution < 1.29 is 4.79 Å². The molecule has 18 heavy (non-hydrogen) atoms. The van der Waals surface area contributed by atoms with Gasteiger partial charge in [-0.2, -0.15) is 5.10 Å². The number of amides is 1. The van der Waals surface area contributed by atoms with Gasteiger partial charge in [0.2, 0.25) is 0 Å². The minimum Gasteiger partial charge on any atom is -0.399 e. The molecule has 0 bridgehead atoms. The summed E-state index contributed by atoms with van der Waals surface area (Å²) in [4.78, 5) is 15.7. The molecule has 6 heteroatoms. The molecule has 0 saturated carbocycles. The number of nitrogens with two attached hydrogens (primary N) is 1. The van der Waals surface area contributed by atoms with E-state index in [0.29, 0.717) is 17.9 Å². The van der Waals surface area contributed by atoms with Gasteiger partial charge in [-0.1, -0.05) is 0 Å². The topological polar surface area (TPSA) is 85.8 Å². The summed E-state index contributed by atoms with van der Waals surface area (Å²) in [6.07, 6.45) is 5.96. The molecule has 3 N–H and O–H groups in total. The Morgan fingerprint density at radius 2 is 2.33 bits per heavy atom. The summed E-state index contributed by atoms with van der Waals surface area (Å²) in [6, 6.07) is 5.08. The van der Waals surface area contributed by atoms with Crippen LogP contribution in [0.3, 0.4) is 0 Å². The number of nitrogen functional groups attached to an aromatic ring is 1. The predicted molar refractivity (Wildman–Crippen MR) is 67.8 cm³/mol. The van der Waals surface area contributed by atoms with E-state index in [0.717, 1.165) is 13.0 Å². The largest absolute Gasteiger partial charge is 0.399 e. The molecule has 0 radical (unpaired) electrons. The number of pyridine rings is 1.